The SMILES string of the molecule is CCOC(=O)c1cc(Nc2nc(Sc3ccc(NC(=O)C4CC4)cc3)nc(N3CCN(C)CC3)n2)n[nH]1. The van der Waals surface area contributed by atoms with Crippen molar-refractivity contribution in [3.05, 3.63) is 36.0 Å². The second-order valence-electron chi connectivity index (χ2n) is 8.93. The Morgan fingerprint density at radius 3 is 2.57 bits per heavy atom. The van der Waals surface area contributed by atoms with Gasteiger partial charge in [0.05, 0.1) is 6.61 Å². The van der Waals surface area contributed by atoms with Crippen LogP contribution in [0, 0.1) is 5.92 Å². The summed E-state index contributed by atoms with van der Waals surface area (Å²) in [6.45, 7) is 5.44. The molecule has 1 aromatic carbocycles. The van der Waals surface area contributed by atoms with E-state index in [-0.39, 0.29) is 24.1 Å². The van der Waals surface area contributed by atoms with Gasteiger partial charge in [-0.1, -0.05) is 0 Å². The first-order chi connectivity index (χ1) is 18.0. The first-order valence-electron chi connectivity index (χ1n) is 12.2. The van der Waals surface area contributed by atoms with Crippen molar-refractivity contribution in [2.45, 2.75) is 29.8 Å². The highest BCUT2D eigenvalue weighted by atomic mass is 32.2. The van der Waals surface area contributed by atoms with Gasteiger partial charge in [0, 0.05) is 48.7 Å². The fraction of sp³-hybridized carbons (Fsp3) is 0.417. The lowest BCUT2D eigenvalue weighted by molar-refractivity contribution is -0.117. The Labute approximate surface area is 218 Å². The Hall–Kier alpha value is -3.71. The molecule has 0 unspecified atom stereocenters. The molecule has 0 spiro atoms. The number of aromatic amines is 1. The highest BCUT2D eigenvalue weighted by molar-refractivity contribution is 7.99. The molecule has 13 heteroatoms. The monoisotopic (exact) mass is 523 g/mol. The first kappa shape index (κ1) is 25.0. The molecule has 3 N–H and O–H groups in total. The summed E-state index contributed by atoms with van der Waals surface area (Å²) in [6.07, 6.45) is 1.93. The number of hydrogen-bond donors (Lipinski definition) is 3. The van der Waals surface area contributed by atoms with Gasteiger partial charge in [-0.15, -0.1) is 0 Å². The van der Waals surface area contributed by atoms with Crippen LogP contribution in [0.15, 0.2) is 40.4 Å². The molecular formula is C24H29N9O3S. The molecule has 0 radical (unpaired) electrons. The minimum atomic E-state index is -0.482. The Bertz CT molecular complexity index is 1250. The van der Waals surface area contributed by atoms with Crippen molar-refractivity contribution in [3.63, 3.8) is 0 Å². The van der Waals surface area contributed by atoms with E-state index in [0.29, 0.717) is 22.9 Å². The predicted molar refractivity (Wildman–Crippen MR) is 139 cm³/mol. The maximum absolute atomic E-state index is 12.0. The van der Waals surface area contributed by atoms with Gasteiger partial charge < -0.3 is 25.2 Å². The zero-order valence-electron chi connectivity index (χ0n) is 20.7. The molecule has 12 nitrogen and oxygen atoms in total. The zero-order valence-corrected chi connectivity index (χ0v) is 21.5. The van der Waals surface area contributed by atoms with Gasteiger partial charge in [0.2, 0.25) is 17.8 Å². The second kappa shape index (κ2) is 11.1. The van der Waals surface area contributed by atoms with Crippen LogP contribution in [0.25, 0.3) is 0 Å². The van der Waals surface area contributed by atoms with E-state index in [1.54, 1.807) is 13.0 Å². The minimum Gasteiger partial charge on any atom is -0.461 e. The van der Waals surface area contributed by atoms with Crippen molar-refractivity contribution in [3.8, 4) is 0 Å². The molecular weight excluding hydrogens is 494 g/mol. The third-order valence-corrected chi connectivity index (χ3v) is 6.85. The molecule has 1 aliphatic heterocycles. The van der Waals surface area contributed by atoms with Crippen molar-refractivity contribution in [1.29, 1.82) is 0 Å². The van der Waals surface area contributed by atoms with Gasteiger partial charge >= 0.3 is 5.97 Å². The Morgan fingerprint density at radius 2 is 1.86 bits per heavy atom. The van der Waals surface area contributed by atoms with Gasteiger partial charge in [-0.25, -0.2) is 4.79 Å². The highest BCUT2D eigenvalue weighted by Crippen LogP contribution is 2.31. The number of rotatable bonds is 9. The molecule has 2 aliphatic rings. The van der Waals surface area contributed by atoms with E-state index >= 15 is 0 Å². The number of carbonyl (C=O) groups is 2. The van der Waals surface area contributed by atoms with Crippen LogP contribution in [-0.4, -0.2) is 81.8 Å². The Morgan fingerprint density at radius 1 is 1.11 bits per heavy atom. The summed E-state index contributed by atoms with van der Waals surface area (Å²) in [4.78, 5) is 43.2. The Kier molecular flexibility index (Phi) is 7.51. The van der Waals surface area contributed by atoms with Crippen LogP contribution in [0.5, 0.6) is 0 Å². The van der Waals surface area contributed by atoms with Crippen LogP contribution in [0.3, 0.4) is 0 Å². The average molecular weight is 524 g/mol. The summed E-state index contributed by atoms with van der Waals surface area (Å²) >= 11 is 1.40. The van der Waals surface area contributed by atoms with Gasteiger partial charge in [0.1, 0.15) is 5.69 Å². The molecule has 0 atom stereocenters. The zero-order chi connectivity index (χ0) is 25.8. The van der Waals surface area contributed by atoms with E-state index < -0.39 is 5.97 Å². The van der Waals surface area contributed by atoms with E-state index in [0.717, 1.165) is 49.6 Å². The van der Waals surface area contributed by atoms with Gasteiger partial charge in [-0.2, -0.15) is 20.1 Å². The summed E-state index contributed by atoms with van der Waals surface area (Å²) in [5, 5.41) is 13.3. The summed E-state index contributed by atoms with van der Waals surface area (Å²) < 4.78 is 5.01. The van der Waals surface area contributed by atoms with E-state index in [4.69, 9.17) is 9.72 Å². The molecule has 2 fully saturated rings. The van der Waals surface area contributed by atoms with Crippen LogP contribution in [0.2, 0.25) is 0 Å². The van der Waals surface area contributed by atoms with Crippen LogP contribution < -0.4 is 15.5 Å². The third kappa shape index (κ3) is 6.54. The number of H-pyrrole nitrogens is 1. The molecule has 3 aromatic rings. The number of hydrogen-bond acceptors (Lipinski definition) is 11. The molecule has 1 saturated heterocycles. The van der Waals surface area contributed by atoms with Crippen molar-refractivity contribution in [1.82, 2.24) is 30.0 Å². The van der Waals surface area contributed by atoms with Gasteiger partial charge in [-0.05, 0) is 62.8 Å². The largest absolute Gasteiger partial charge is 0.461 e. The van der Waals surface area contributed by atoms with Crippen molar-refractivity contribution < 1.29 is 14.3 Å². The summed E-state index contributed by atoms with van der Waals surface area (Å²) in [5.74, 6) is 1.04. The number of carbonyl (C=O) groups excluding carboxylic acids is 2. The molecule has 5 rings (SSSR count). The van der Waals surface area contributed by atoms with Crippen LogP contribution >= 0.6 is 11.8 Å². The van der Waals surface area contributed by atoms with E-state index in [2.05, 4.69) is 47.6 Å². The fourth-order valence-electron chi connectivity index (χ4n) is 3.71. The molecule has 194 valence electrons. The van der Waals surface area contributed by atoms with Crippen molar-refractivity contribution in [2.24, 2.45) is 5.92 Å². The van der Waals surface area contributed by atoms with Gasteiger partial charge in [0.25, 0.3) is 0 Å². The molecule has 0 bridgehead atoms. The number of esters is 1. The lowest BCUT2D eigenvalue weighted by Crippen LogP contribution is -2.45. The normalized spacial score (nSPS) is 15.9. The number of nitrogens with zero attached hydrogens (tertiary/aromatic N) is 6. The molecule has 2 aromatic heterocycles. The molecule has 1 aliphatic carbocycles. The standard InChI is InChI=1S/C24H29N9O3S/c1-3-36-21(35)18-14-19(31-30-18)26-22-27-23(33-12-10-32(2)11-13-33)29-24(28-22)37-17-8-6-16(7-9-17)25-20(34)15-4-5-15/h6-9,14-15H,3-5,10-13H2,1-2H3,(H,25,34)(H2,26,27,28,29,30,31). The molecule has 1 amide bonds. The number of anilines is 4. The van der Waals surface area contributed by atoms with E-state index in [9.17, 15) is 9.59 Å². The maximum atomic E-state index is 12.0. The minimum absolute atomic E-state index is 0.0786. The maximum Gasteiger partial charge on any atom is 0.356 e. The predicted octanol–water partition coefficient (Wildman–Crippen LogP) is 2.77. The third-order valence-electron chi connectivity index (χ3n) is 5.98. The highest BCUT2D eigenvalue weighted by Gasteiger charge is 2.29. The number of amides is 1. The van der Waals surface area contributed by atoms with E-state index in [1.807, 2.05) is 24.3 Å². The Balaban J connectivity index is 1.34. The summed E-state index contributed by atoms with van der Waals surface area (Å²) in [7, 11) is 2.09. The quantitative estimate of drug-likeness (QED) is 0.356. The van der Waals surface area contributed by atoms with Crippen molar-refractivity contribution >= 4 is 47.0 Å². The van der Waals surface area contributed by atoms with Crippen molar-refractivity contribution in [2.75, 3.05) is 55.4 Å². The summed E-state index contributed by atoms with van der Waals surface area (Å²) in [5.41, 5.74) is 1.01. The first-order valence-corrected chi connectivity index (χ1v) is 13.1. The molecule has 37 heavy (non-hydrogen) atoms. The average Bonchev–Trinajstić information content (AvgIpc) is 3.65. The molecule has 1 saturated carbocycles. The number of ether oxygens (including phenoxy) is 1. The number of likely N-dealkylation sites (N-methyl/N-ethyl adjacent to an activating group) is 1. The van der Waals surface area contributed by atoms with Crippen LogP contribution in [0.4, 0.5) is 23.4 Å². The van der Waals surface area contributed by atoms with E-state index in [1.165, 1.54) is 11.8 Å². The van der Waals surface area contributed by atoms with Crippen LogP contribution in [-0.2, 0) is 9.53 Å². The summed E-state index contributed by atoms with van der Waals surface area (Å²) in [6, 6.07) is 9.17. The fourth-order valence-corrected chi connectivity index (χ4v) is 4.45. The topological polar surface area (TPSA) is 141 Å². The number of aromatic nitrogens is 5. The van der Waals surface area contributed by atoms with Gasteiger partial charge in [-0.3, -0.25) is 9.89 Å². The second-order valence-corrected chi connectivity index (χ2v) is 9.97. The lowest BCUT2D eigenvalue weighted by atomic mass is 10.3. The molecule has 3 heterocycles. The number of nitrogens with one attached hydrogen (secondary N) is 3. The number of piperazine rings is 1. The number of benzene rings is 1. The van der Waals surface area contributed by atoms with Crippen LogP contribution in [0.1, 0.15) is 30.3 Å². The smallest absolute Gasteiger partial charge is 0.356 e. The van der Waals surface area contributed by atoms with Gasteiger partial charge in [0.15, 0.2) is 11.0 Å². The lowest BCUT2D eigenvalue weighted by Gasteiger charge is -2.32.